The van der Waals surface area contributed by atoms with E-state index in [0.717, 1.165) is 19.6 Å². The number of piperidine rings is 1. The maximum Gasteiger partial charge on any atom is 0.229 e. The van der Waals surface area contributed by atoms with E-state index in [9.17, 15) is 4.79 Å². The third-order valence-corrected chi connectivity index (χ3v) is 5.91. The van der Waals surface area contributed by atoms with Crippen LogP contribution in [-0.2, 0) is 9.53 Å². The summed E-state index contributed by atoms with van der Waals surface area (Å²) in [4.78, 5) is 14.9. The van der Waals surface area contributed by atoms with Crippen LogP contribution in [0.4, 0.5) is 0 Å². The molecule has 0 aromatic carbocycles. The molecule has 2 aliphatic heterocycles. The zero-order valence-electron chi connectivity index (χ0n) is 13.4. The summed E-state index contributed by atoms with van der Waals surface area (Å²) in [5, 5.41) is 3.40. The van der Waals surface area contributed by atoms with Crippen LogP contribution in [0.5, 0.6) is 0 Å². The number of amides is 1. The molecule has 4 nitrogen and oxygen atoms in total. The van der Waals surface area contributed by atoms with Gasteiger partial charge in [0.05, 0.1) is 19.1 Å². The number of hydrogen-bond acceptors (Lipinski definition) is 3. The van der Waals surface area contributed by atoms with Gasteiger partial charge in [0.15, 0.2) is 0 Å². The standard InChI is InChI=1S/C17H30N2O2/c1-2-18-15-13-21-12-14(15)16(20)19-10-8-17(9-11-19)6-4-3-5-7-17/h14-15,18H,2-13H2,1H3. The molecule has 2 atom stereocenters. The normalized spacial score (nSPS) is 32.5. The molecule has 1 amide bonds. The molecule has 3 aliphatic rings. The second kappa shape index (κ2) is 6.66. The quantitative estimate of drug-likeness (QED) is 0.867. The Hall–Kier alpha value is -0.610. The van der Waals surface area contributed by atoms with Crippen LogP contribution in [0, 0.1) is 11.3 Å². The van der Waals surface area contributed by atoms with Crippen LogP contribution in [0.25, 0.3) is 0 Å². The predicted molar refractivity (Wildman–Crippen MR) is 83.1 cm³/mol. The Morgan fingerprint density at radius 1 is 1.14 bits per heavy atom. The number of nitrogens with zero attached hydrogens (tertiary/aromatic N) is 1. The van der Waals surface area contributed by atoms with Crippen LogP contribution in [0.1, 0.15) is 51.9 Å². The second-order valence-electron chi connectivity index (χ2n) is 7.19. The van der Waals surface area contributed by atoms with E-state index in [1.807, 2.05) is 0 Å². The lowest BCUT2D eigenvalue weighted by atomic mass is 9.68. The summed E-state index contributed by atoms with van der Waals surface area (Å²) in [6.45, 7) is 6.21. The lowest BCUT2D eigenvalue weighted by Gasteiger charge is -2.45. The van der Waals surface area contributed by atoms with Crippen molar-refractivity contribution in [3.8, 4) is 0 Å². The molecule has 1 saturated carbocycles. The van der Waals surface area contributed by atoms with Gasteiger partial charge in [-0.1, -0.05) is 26.2 Å². The smallest absolute Gasteiger partial charge is 0.229 e. The van der Waals surface area contributed by atoms with Crippen molar-refractivity contribution in [2.75, 3.05) is 32.8 Å². The first kappa shape index (κ1) is 15.3. The number of hydrogen-bond donors (Lipinski definition) is 1. The number of carbonyl (C=O) groups excluding carboxylic acids is 1. The average molecular weight is 294 g/mol. The number of likely N-dealkylation sites (N-methyl/N-ethyl adjacent to an activating group) is 1. The van der Waals surface area contributed by atoms with Gasteiger partial charge in [-0.25, -0.2) is 0 Å². The topological polar surface area (TPSA) is 41.6 Å². The van der Waals surface area contributed by atoms with Gasteiger partial charge in [0.1, 0.15) is 0 Å². The number of nitrogens with one attached hydrogen (secondary N) is 1. The van der Waals surface area contributed by atoms with E-state index < -0.39 is 0 Å². The lowest BCUT2D eigenvalue weighted by Crippen LogP contribution is -2.50. The van der Waals surface area contributed by atoms with E-state index in [4.69, 9.17) is 4.74 Å². The Bertz CT molecular complexity index is 356. The zero-order chi connectivity index (χ0) is 14.7. The molecule has 2 saturated heterocycles. The summed E-state index contributed by atoms with van der Waals surface area (Å²) in [7, 11) is 0. The van der Waals surface area contributed by atoms with Crippen molar-refractivity contribution in [1.29, 1.82) is 0 Å². The van der Waals surface area contributed by atoms with Crippen molar-refractivity contribution in [1.82, 2.24) is 10.2 Å². The molecule has 0 radical (unpaired) electrons. The first-order valence-corrected chi connectivity index (χ1v) is 8.84. The van der Waals surface area contributed by atoms with E-state index in [1.54, 1.807) is 0 Å². The van der Waals surface area contributed by atoms with Gasteiger partial charge in [0.2, 0.25) is 5.91 Å². The molecule has 3 rings (SSSR count). The number of carbonyl (C=O) groups is 1. The van der Waals surface area contributed by atoms with Crippen molar-refractivity contribution in [2.45, 2.75) is 57.9 Å². The van der Waals surface area contributed by atoms with Crippen LogP contribution >= 0.6 is 0 Å². The van der Waals surface area contributed by atoms with Crippen LogP contribution in [-0.4, -0.2) is 49.7 Å². The highest BCUT2D eigenvalue weighted by Gasteiger charge is 2.40. The van der Waals surface area contributed by atoms with Gasteiger partial charge in [0, 0.05) is 19.1 Å². The molecular formula is C17H30N2O2. The average Bonchev–Trinajstić information content (AvgIpc) is 2.97. The van der Waals surface area contributed by atoms with E-state index >= 15 is 0 Å². The molecule has 21 heavy (non-hydrogen) atoms. The maximum atomic E-state index is 12.8. The highest BCUT2D eigenvalue weighted by molar-refractivity contribution is 5.80. The van der Waals surface area contributed by atoms with Gasteiger partial charge in [-0.15, -0.1) is 0 Å². The Balaban J connectivity index is 1.55. The highest BCUT2D eigenvalue weighted by atomic mass is 16.5. The fraction of sp³-hybridized carbons (Fsp3) is 0.941. The summed E-state index contributed by atoms with van der Waals surface area (Å²) in [6.07, 6.45) is 9.42. The van der Waals surface area contributed by atoms with Gasteiger partial charge in [0.25, 0.3) is 0 Å². The van der Waals surface area contributed by atoms with Gasteiger partial charge in [-0.3, -0.25) is 4.79 Å². The lowest BCUT2D eigenvalue weighted by molar-refractivity contribution is -0.138. The third kappa shape index (κ3) is 3.26. The molecule has 2 heterocycles. The molecule has 1 spiro atoms. The predicted octanol–water partition coefficient (Wildman–Crippen LogP) is 2.18. The molecule has 0 aromatic heterocycles. The summed E-state index contributed by atoms with van der Waals surface area (Å²) in [5.41, 5.74) is 0.572. The van der Waals surface area contributed by atoms with Gasteiger partial charge < -0.3 is 15.0 Å². The number of ether oxygens (including phenoxy) is 1. The fourth-order valence-electron chi connectivity index (χ4n) is 4.50. The van der Waals surface area contributed by atoms with E-state index in [-0.39, 0.29) is 12.0 Å². The third-order valence-electron chi connectivity index (χ3n) is 5.91. The van der Waals surface area contributed by atoms with Gasteiger partial charge >= 0.3 is 0 Å². The van der Waals surface area contributed by atoms with Crippen molar-refractivity contribution in [2.24, 2.45) is 11.3 Å². The minimum atomic E-state index is 0.0327. The summed E-state index contributed by atoms with van der Waals surface area (Å²) < 4.78 is 5.53. The molecule has 120 valence electrons. The summed E-state index contributed by atoms with van der Waals surface area (Å²) in [5.74, 6) is 0.356. The molecule has 3 fully saturated rings. The van der Waals surface area contributed by atoms with Crippen molar-refractivity contribution in [3.63, 3.8) is 0 Å². The van der Waals surface area contributed by atoms with Crippen molar-refractivity contribution >= 4 is 5.91 Å². The number of likely N-dealkylation sites (tertiary alicyclic amines) is 1. The van der Waals surface area contributed by atoms with Crippen LogP contribution < -0.4 is 5.32 Å². The first-order chi connectivity index (χ1) is 10.2. The summed E-state index contributed by atoms with van der Waals surface area (Å²) in [6, 6.07) is 0.216. The Labute approximate surface area is 128 Å². The Morgan fingerprint density at radius 3 is 2.52 bits per heavy atom. The van der Waals surface area contributed by atoms with Gasteiger partial charge in [-0.2, -0.15) is 0 Å². The fourth-order valence-corrected chi connectivity index (χ4v) is 4.50. The van der Waals surface area contributed by atoms with Crippen molar-refractivity contribution < 1.29 is 9.53 Å². The molecule has 0 bridgehead atoms. The molecular weight excluding hydrogens is 264 g/mol. The minimum absolute atomic E-state index is 0.0327. The highest BCUT2D eigenvalue weighted by Crippen LogP contribution is 2.44. The van der Waals surface area contributed by atoms with Crippen LogP contribution in [0.2, 0.25) is 0 Å². The molecule has 2 unspecified atom stereocenters. The zero-order valence-corrected chi connectivity index (χ0v) is 13.4. The van der Waals surface area contributed by atoms with E-state index in [2.05, 4.69) is 17.1 Å². The largest absolute Gasteiger partial charge is 0.379 e. The van der Waals surface area contributed by atoms with Crippen LogP contribution in [0.3, 0.4) is 0 Å². The minimum Gasteiger partial charge on any atom is -0.379 e. The monoisotopic (exact) mass is 294 g/mol. The van der Waals surface area contributed by atoms with Gasteiger partial charge in [-0.05, 0) is 37.6 Å². The van der Waals surface area contributed by atoms with E-state index in [0.29, 0.717) is 24.5 Å². The van der Waals surface area contributed by atoms with Crippen molar-refractivity contribution in [3.05, 3.63) is 0 Å². The maximum absolute atomic E-state index is 12.8. The van der Waals surface area contributed by atoms with Crippen LogP contribution in [0.15, 0.2) is 0 Å². The molecule has 1 N–H and O–H groups in total. The summed E-state index contributed by atoms with van der Waals surface area (Å²) >= 11 is 0. The Morgan fingerprint density at radius 2 is 1.86 bits per heavy atom. The number of rotatable bonds is 3. The SMILES string of the molecule is CCNC1COCC1C(=O)N1CCC2(CCCCC2)CC1. The Kier molecular flexibility index (Phi) is 4.85. The second-order valence-corrected chi connectivity index (χ2v) is 7.19. The molecule has 4 heteroatoms. The molecule has 1 aliphatic carbocycles. The van der Waals surface area contributed by atoms with E-state index in [1.165, 1.54) is 44.9 Å². The molecule has 0 aromatic rings. The first-order valence-electron chi connectivity index (χ1n) is 8.84.